The van der Waals surface area contributed by atoms with Crippen LogP contribution in [0.2, 0.25) is 10.0 Å². The van der Waals surface area contributed by atoms with Crippen LogP contribution >= 0.6 is 35.0 Å². The van der Waals surface area contributed by atoms with Crippen LogP contribution in [-0.4, -0.2) is 17.3 Å². The van der Waals surface area contributed by atoms with Gasteiger partial charge in [0, 0.05) is 10.6 Å². The molecule has 16 heavy (non-hydrogen) atoms. The van der Waals surface area contributed by atoms with Crippen molar-refractivity contribution in [3.63, 3.8) is 0 Å². The standard InChI is InChI=1S/C12H14Cl2OS/c1-2-3-6-16-8-12(15)10-5-4-9(13)7-11(10)14/h4-5,7H,2-3,6,8H2,1H3. The van der Waals surface area contributed by atoms with Gasteiger partial charge in [-0.3, -0.25) is 4.79 Å². The van der Waals surface area contributed by atoms with Crippen molar-refractivity contribution >= 4 is 40.7 Å². The smallest absolute Gasteiger partial charge is 0.174 e. The van der Waals surface area contributed by atoms with Crippen molar-refractivity contribution in [2.45, 2.75) is 19.8 Å². The molecular formula is C12H14Cl2OS. The number of unbranched alkanes of at least 4 members (excludes halogenated alkanes) is 1. The molecule has 0 saturated carbocycles. The molecule has 4 heteroatoms. The molecule has 0 bridgehead atoms. The minimum Gasteiger partial charge on any atom is -0.293 e. The molecule has 0 radical (unpaired) electrons. The van der Waals surface area contributed by atoms with Crippen LogP contribution in [0.1, 0.15) is 30.1 Å². The highest BCUT2D eigenvalue weighted by Crippen LogP contribution is 2.22. The average Bonchev–Trinajstić information content (AvgIpc) is 2.24. The van der Waals surface area contributed by atoms with E-state index in [1.165, 1.54) is 0 Å². The average molecular weight is 277 g/mol. The number of halogens is 2. The van der Waals surface area contributed by atoms with Crippen LogP contribution in [0.4, 0.5) is 0 Å². The largest absolute Gasteiger partial charge is 0.293 e. The van der Waals surface area contributed by atoms with Crippen LogP contribution in [0.3, 0.4) is 0 Å². The Bertz CT molecular complexity index is 366. The van der Waals surface area contributed by atoms with Crippen LogP contribution in [0.5, 0.6) is 0 Å². The summed E-state index contributed by atoms with van der Waals surface area (Å²) in [6.45, 7) is 2.14. The highest BCUT2D eigenvalue weighted by molar-refractivity contribution is 7.99. The fourth-order valence-corrected chi connectivity index (χ4v) is 2.70. The molecule has 0 fully saturated rings. The Balaban J connectivity index is 2.53. The van der Waals surface area contributed by atoms with Crippen molar-refractivity contribution in [3.8, 4) is 0 Å². The van der Waals surface area contributed by atoms with Gasteiger partial charge in [-0.25, -0.2) is 0 Å². The molecule has 0 N–H and O–H groups in total. The van der Waals surface area contributed by atoms with Gasteiger partial charge in [-0.05, 0) is 30.4 Å². The Morgan fingerprint density at radius 1 is 1.38 bits per heavy atom. The van der Waals surface area contributed by atoms with Crippen LogP contribution in [-0.2, 0) is 0 Å². The van der Waals surface area contributed by atoms with Crippen molar-refractivity contribution < 1.29 is 4.79 Å². The van der Waals surface area contributed by atoms with E-state index < -0.39 is 0 Å². The summed E-state index contributed by atoms with van der Waals surface area (Å²) in [4.78, 5) is 11.8. The van der Waals surface area contributed by atoms with Gasteiger partial charge in [0.2, 0.25) is 0 Å². The van der Waals surface area contributed by atoms with E-state index in [-0.39, 0.29) is 5.78 Å². The second kappa shape index (κ2) is 7.21. The normalized spacial score (nSPS) is 10.4. The lowest BCUT2D eigenvalue weighted by Crippen LogP contribution is -2.03. The maximum absolute atomic E-state index is 11.8. The number of thioether (sulfide) groups is 1. The number of hydrogen-bond acceptors (Lipinski definition) is 2. The fraction of sp³-hybridized carbons (Fsp3) is 0.417. The highest BCUT2D eigenvalue weighted by Gasteiger charge is 2.10. The van der Waals surface area contributed by atoms with E-state index in [2.05, 4.69) is 6.92 Å². The molecular weight excluding hydrogens is 263 g/mol. The van der Waals surface area contributed by atoms with E-state index >= 15 is 0 Å². The van der Waals surface area contributed by atoms with Gasteiger partial charge < -0.3 is 0 Å². The number of benzene rings is 1. The van der Waals surface area contributed by atoms with Crippen molar-refractivity contribution in [1.82, 2.24) is 0 Å². The molecule has 0 spiro atoms. The molecule has 0 unspecified atom stereocenters. The third kappa shape index (κ3) is 4.36. The predicted molar refractivity (Wildman–Crippen MR) is 73.0 cm³/mol. The number of hydrogen-bond donors (Lipinski definition) is 0. The first-order chi connectivity index (χ1) is 7.65. The first-order valence-electron chi connectivity index (χ1n) is 5.21. The van der Waals surface area contributed by atoms with Gasteiger partial charge in [-0.1, -0.05) is 36.5 Å². The fourth-order valence-electron chi connectivity index (χ4n) is 1.20. The molecule has 0 aromatic heterocycles. The van der Waals surface area contributed by atoms with Crippen molar-refractivity contribution in [3.05, 3.63) is 33.8 Å². The van der Waals surface area contributed by atoms with E-state index in [1.54, 1.807) is 30.0 Å². The number of carbonyl (C=O) groups excluding carboxylic acids is 1. The van der Waals surface area contributed by atoms with Gasteiger partial charge >= 0.3 is 0 Å². The van der Waals surface area contributed by atoms with Crippen LogP contribution in [0.25, 0.3) is 0 Å². The number of rotatable bonds is 6. The molecule has 88 valence electrons. The lowest BCUT2D eigenvalue weighted by atomic mass is 10.1. The first kappa shape index (κ1) is 13.9. The van der Waals surface area contributed by atoms with Crippen LogP contribution < -0.4 is 0 Å². The van der Waals surface area contributed by atoms with Gasteiger partial charge in [0.1, 0.15) is 0 Å². The van der Waals surface area contributed by atoms with E-state index in [4.69, 9.17) is 23.2 Å². The summed E-state index contributed by atoms with van der Waals surface area (Å²) < 4.78 is 0. The summed E-state index contributed by atoms with van der Waals surface area (Å²) in [5.41, 5.74) is 0.565. The molecule has 0 aliphatic rings. The summed E-state index contributed by atoms with van der Waals surface area (Å²) in [5, 5.41) is 0.994. The van der Waals surface area contributed by atoms with E-state index in [9.17, 15) is 4.79 Å². The quantitative estimate of drug-likeness (QED) is 0.553. The minimum absolute atomic E-state index is 0.0720. The first-order valence-corrected chi connectivity index (χ1v) is 7.12. The maximum atomic E-state index is 11.8. The second-order valence-corrected chi connectivity index (χ2v) is 5.40. The molecule has 0 amide bonds. The zero-order chi connectivity index (χ0) is 12.0. The number of Topliss-reactive ketones (excluding diaryl/α,β-unsaturated/α-hetero) is 1. The molecule has 0 aliphatic carbocycles. The van der Waals surface area contributed by atoms with Gasteiger partial charge in [0.25, 0.3) is 0 Å². The SMILES string of the molecule is CCCCSCC(=O)c1ccc(Cl)cc1Cl. The summed E-state index contributed by atoms with van der Waals surface area (Å²) >= 11 is 13.4. The van der Waals surface area contributed by atoms with Gasteiger partial charge in [0.15, 0.2) is 5.78 Å². The number of carbonyl (C=O) groups is 1. The van der Waals surface area contributed by atoms with Gasteiger partial charge in [-0.2, -0.15) is 11.8 Å². The highest BCUT2D eigenvalue weighted by atomic mass is 35.5. The Hall–Kier alpha value is -0.180. The summed E-state index contributed by atoms with van der Waals surface area (Å²) in [5.74, 6) is 1.58. The molecule has 0 heterocycles. The van der Waals surface area contributed by atoms with Crippen molar-refractivity contribution in [2.24, 2.45) is 0 Å². The lowest BCUT2D eigenvalue weighted by Gasteiger charge is -2.03. The van der Waals surface area contributed by atoms with Crippen molar-refractivity contribution in [2.75, 3.05) is 11.5 Å². The Kier molecular flexibility index (Phi) is 6.25. The molecule has 1 nitrogen and oxygen atoms in total. The monoisotopic (exact) mass is 276 g/mol. The topological polar surface area (TPSA) is 17.1 Å². The summed E-state index contributed by atoms with van der Waals surface area (Å²) in [7, 11) is 0. The van der Waals surface area contributed by atoms with E-state index in [0.29, 0.717) is 21.4 Å². The summed E-state index contributed by atoms with van der Waals surface area (Å²) in [6, 6.07) is 4.98. The molecule has 1 aromatic rings. The second-order valence-electron chi connectivity index (χ2n) is 3.45. The zero-order valence-corrected chi connectivity index (χ0v) is 11.5. The van der Waals surface area contributed by atoms with Gasteiger partial charge in [-0.15, -0.1) is 0 Å². The number of ketones is 1. The Morgan fingerprint density at radius 2 is 2.12 bits per heavy atom. The molecule has 0 aliphatic heterocycles. The maximum Gasteiger partial charge on any atom is 0.174 e. The van der Waals surface area contributed by atoms with Crippen LogP contribution in [0, 0.1) is 0 Å². The van der Waals surface area contributed by atoms with E-state index in [0.717, 1.165) is 18.6 Å². The predicted octanol–water partition coefficient (Wildman–Crippen LogP) is 4.71. The molecule has 1 rings (SSSR count). The Morgan fingerprint density at radius 3 is 2.75 bits per heavy atom. The van der Waals surface area contributed by atoms with Crippen LogP contribution in [0.15, 0.2) is 18.2 Å². The third-order valence-corrected chi connectivity index (χ3v) is 3.70. The molecule has 0 atom stereocenters. The lowest BCUT2D eigenvalue weighted by molar-refractivity contribution is 0.102. The van der Waals surface area contributed by atoms with Crippen molar-refractivity contribution in [1.29, 1.82) is 0 Å². The molecule has 0 saturated heterocycles. The van der Waals surface area contributed by atoms with E-state index in [1.807, 2.05) is 0 Å². The minimum atomic E-state index is 0.0720. The molecule has 1 aromatic carbocycles. The summed E-state index contributed by atoms with van der Waals surface area (Å²) in [6.07, 6.45) is 2.30. The zero-order valence-electron chi connectivity index (χ0n) is 9.13. The van der Waals surface area contributed by atoms with Gasteiger partial charge in [0.05, 0.1) is 10.8 Å². The third-order valence-electron chi connectivity index (χ3n) is 2.11. The Labute approximate surface area is 111 Å².